The van der Waals surface area contributed by atoms with Gasteiger partial charge in [-0.05, 0) is 6.92 Å². The van der Waals surface area contributed by atoms with Crippen LogP contribution in [0, 0.1) is 0 Å². The molecule has 0 aliphatic carbocycles. The van der Waals surface area contributed by atoms with Crippen LogP contribution in [0.3, 0.4) is 0 Å². The van der Waals surface area contributed by atoms with E-state index < -0.39 is 0 Å². The lowest BCUT2D eigenvalue weighted by Gasteiger charge is -1.71. The summed E-state index contributed by atoms with van der Waals surface area (Å²) in [7, 11) is 0. The van der Waals surface area contributed by atoms with Gasteiger partial charge in [-0.25, -0.2) is 0 Å². The van der Waals surface area contributed by atoms with Crippen LogP contribution in [0.5, 0.6) is 0 Å². The van der Waals surface area contributed by atoms with Gasteiger partial charge in [0.1, 0.15) is 0 Å². The van der Waals surface area contributed by atoms with Crippen LogP contribution in [0.25, 0.3) is 0 Å². The summed E-state index contributed by atoms with van der Waals surface area (Å²) in [6, 6.07) is 0. The molecule has 0 saturated carbocycles. The Balaban J connectivity index is 0.000000162. The van der Waals surface area contributed by atoms with E-state index in [1.54, 1.807) is 6.08 Å². The molecule has 0 aliphatic rings. The van der Waals surface area contributed by atoms with Crippen LogP contribution in [0.1, 0.15) is 6.92 Å². The van der Waals surface area contributed by atoms with Gasteiger partial charge in [-0.15, -0.1) is 10.2 Å². The zero-order chi connectivity index (χ0) is 7.82. The molecule has 4 heteroatoms. The fourth-order valence-corrected chi connectivity index (χ4v) is 0.129. The Bertz CT molecular complexity index is 160. The number of hydrogen-bond donors (Lipinski definition) is 1. The Labute approximate surface area is 59.7 Å². The quantitative estimate of drug-likeness (QED) is 0.588. The molecule has 0 bridgehead atoms. The van der Waals surface area contributed by atoms with Crippen LogP contribution >= 0.6 is 0 Å². The first kappa shape index (κ1) is 8.55. The highest BCUT2D eigenvalue weighted by molar-refractivity contribution is 5.05. The molecule has 1 aromatic rings. The lowest BCUT2D eigenvalue weighted by Crippen LogP contribution is -1.64. The van der Waals surface area contributed by atoms with Crippen LogP contribution in [0.4, 0.5) is 0 Å². The van der Waals surface area contributed by atoms with Crippen molar-refractivity contribution in [3.63, 3.8) is 0 Å². The third-order valence-electron chi connectivity index (χ3n) is 0.618. The minimum absolute atomic E-state index is 1.02. The van der Waals surface area contributed by atoms with E-state index in [2.05, 4.69) is 33.8 Å². The highest BCUT2D eigenvalue weighted by atomic mass is 15.5. The summed E-state index contributed by atoms with van der Waals surface area (Å²) in [6.07, 6.45) is 3.06. The second-order valence-electron chi connectivity index (χ2n) is 1.61. The van der Waals surface area contributed by atoms with Crippen LogP contribution in [0.15, 0.2) is 31.1 Å². The standard InChI is InChI=1S/C5H8.CH2N4/c1-4-5(2)3;1-2-4-5-3-1/h4H,1-2H2,3H3;1H,(H,2,3,4,5). The molecular formula is C6H10N4. The molecule has 0 aromatic carbocycles. The number of aromatic nitrogens is 4. The minimum atomic E-state index is 1.02. The average molecular weight is 138 g/mol. The predicted molar refractivity (Wildman–Crippen MR) is 39.2 cm³/mol. The maximum atomic E-state index is 3.56. The number of allylic oxidation sites excluding steroid dienone is 2. The number of H-pyrrole nitrogens is 1. The molecule has 1 rings (SSSR count). The fraction of sp³-hybridized carbons (Fsp3) is 0.167. The molecule has 4 nitrogen and oxygen atoms in total. The van der Waals surface area contributed by atoms with Gasteiger partial charge in [-0.3, -0.25) is 0 Å². The SMILES string of the molecule is C=CC(=C)C.c1nn[nH]n1. The van der Waals surface area contributed by atoms with Crippen molar-refractivity contribution in [2.75, 3.05) is 0 Å². The van der Waals surface area contributed by atoms with E-state index in [-0.39, 0.29) is 0 Å². The maximum Gasteiger partial charge on any atom is 0.161 e. The highest BCUT2D eigenvalue weighted by Crippen LogP contribution is 1.81. The number of tetrazole rings is 1. The van der Waals surface area contributed by atoms with Gasteiger partial charge >= 0.3 is 0 Å². The minimum Gasteiger partial charge on any atom is -0.177 e. The van der Waals surface area contributed by atoms with E-state index in [1.807, 2.05) is 6.92 Å². The van der Waals surface area contributed by atoms with Crippen LogP contribution in [-0.2, 0) is 0 Å². The van der Waals surface area contributed by atoms with Gasteiger partial charge < -0.3 is 0 Å². The first-order chi connectivity index (χ1) is 4.77. The average Bonchev–Trinajstić information content (AvgIpc) is 2.43. The molecule has 54 valence electrons. The van der Waals surface area contributed by atoms with E-state index >= 15 is 0 Å². The Kier molecular flexibility index (Phi) is 4.86. The smallest absolute Gasteiger partial charge is 0.161 e. The van der Waals surface area contributed by atoms with E-state index in [1.165, 1.54) is 6.33 Å². The van der Waals surface area contributed by atoms with Gasteiger partial charge in [0.15, 0.2) is 6.33 Å². The van der Waals surface area contributed by atoms with E-state index in [4.69, 9.17) is 0 Å². The van der Waals surface area contributed by atoms with Crippen molar-refractivity contribution >= 4 is 0 Å². The molecule has 0 atom stereocenters. The van der Waals surface area contributed by atoms with Crippen LogP contribution < -0.4 is 0 Å². The van der Waals surface area contributed by atoms with Crippen molar-refractivity contribution in [1.29, 1.82) is 0 Å². The van der Waals surface area contributed by atoms with Gasteiger partial charge in [-0.1, -0.05) is 30.0 Å². The number of rotatable bonds is 1. The molecule has 0 unspecified atom stereocenters. The number of nitrogens with zero attached hydrogens (tertiary/aromatic N) is 3. The molecule has 0 fully saturated rings. The summed E-state index contributed by atoms with van der Waals surface area (Å²) >= 11 is 0. The van der Waals surface area contributed by atoms with Crippen molar-refractivity contribution in [3.8, 4) is 0 Å². The van der Waals surface area contributed by atoms with Crippen molar-refractivity contribution in [2.24, 2.45) is 0 Å². The maximum absolute atomic E-state index is 3.56. The molecule has 1 N–H and O–H groups in total. The van der Waals surface area contributed by atoms with Crippen LogP contribution in [-0.4, -0.2) is 20.6 Å². The molecule has 0 aliphatic heterocycles. The largest absolute Gasteiger partial charge is 0.177 e. The Morgan fingerprint density at radius 2 is 2.30 bits per heavy atom. The lowest BCUT2D eigenvalue weighted by molar-refractivity contribution is 0.881. The van der Waals surface area contributed by atoms with Gasteiger partial charge in [-0.2, -0.15) is 5.21 Å². The molecule has 0 saturated heterocycles. The second-order valence-corrected chi connectivity index (χ2v) is 1.61. The molecule has 0 amide bonds. The zero-order valence-corrected chi connectivity index (χ0v) is 5.91. The normalized spacial score (nSPS) is 7.30. The summed E-state index contributed by atoms with van der Waals surface area (Å²) in [5, 5.41) is 12.2. The predicted octanol–water partition coefficient (Wildman–Crippen LogP) is 0.948. The van der Waals surface area contributed by atoms with E-state index in [9.17, 15) is 0 Å². The summed E-state index contributed by atoms with van der Waals surface area (Å²) in [5.41, 5.74) is 1.02. The molecule has 10 heavy (non-hydrogen) atoms. The summed E-state index contributed by atoms with van der Waals surface area (Å²) in [6.45, 7) is 8.93. The van der Waals surface area contributed by atoms with Crippen molar-refractivity contribution in [2.45, 2.75) is 6.92 Å². The third kappa shape index (κ3) is 6.55. The van der Waals surface area contributed by atoms with Crippen molar-refractivity contribution in [3.05, 3.63) is 31.1 Å². The van der Waals surface area contributed by atoms with Gasteiger partial charge in [0, 0.05) is 0 Å². The second kappa shape index (κ2) is 5.68. The molecule has 0 radical (unpaired) electrons. The zero-order valence-electron chi connectivity index (χ0n) is 5.91. The number of aromatic amines is 1. The monoisotopic (exact) mass is 138 g/mol. The van der Waals surface area contributed by atoms with Gasteiger partial charge in [0.05, 0.1) is 0 Å². The summed E-state index contributed by atoms with van der Waals surface area (Å²) in [5.74, 6) is 0. The third-order valence-corrected chi connectivity index (χ3v) is 0.618. The molecule has 0 spiro atoms. The molecule has 1 aromatic heterocycles. The molecular weight excluding hydrogens is 128 g/mol. The summed E-state index contributed by atoms with van der Waals surface area (Å²) in [4.78, 5) is 0. The first-order valence-electron chi connectivity index (χ1n) is 2.71. The number of nitrogens with one attached hydrogen (secondary N) is 1. The van der Waals surface area contributed by atoms with Crippen molar-refractivity contribution in [1.82, 2.24) is 20.6 Å². The van der Waals surface area contributed by atoms with E-state index in [0.29, 0.717) is 0 Å². The van der Waals surface area contributed by atoms with Gasteiger partial charge in [0.2, 0.25) is 0 Å². The Morgan fingerprint density at radius 3 is 2.40 bits per heavy atom. The number of hydrogen-bond acceptors (Lipinski definition) is 3. The molecule has 1 heterocycles. The van der Waals surface area contributed by atoms with Crippen molar-refractivity contribution < 1.29 is 0 Å². The highest BCUT2D eigenvalue weighted by Gasteiger charge is 1.59. The fourth-order valence-electron chi connectivity index (χ4n) is 0.129. The van der Waals surface area contributed by atoms with Crippen LogP contribution in [0.2, 0.25) is 0 Å². The summed E-state index contributed by atoms with van der Waals surface area (Å²) < 4.78 is 0. The van der Waals surface area contributed by atoms with E-state index in [0.717, 1.165) is 5.57 Å². The topological polar surface area (TPSA) is 54.5 Å². The Morgan fingerprint density at radius 1 is 1.70 bits per heavy atom. The lowest BCUT2D eigenvalue weighted by atomic mass is 10.4. The Hall–Kier alpha value is -1.45. The van der Waals surface area contributed by atoms with Gasteiger partial charge in [0.25, 0.3) is 0 Å². The first-order valence-corrected chi connectivity index (χ1v) is 2.71.